The van der Waals surface area contributed by atoms with E-state index < -0.39 is 5.97 Å². The van der Waals surface area contributed by atoms with Crippen molar-refractivity contribution >= 4 is 21.9 Å². The van der Waals surface area contributed by atoms with Gasteiger partial charge in [-0.05, 0) is 25.2 Å². The molecule has 0 heterocycles. The Morgan fingerprint density at radius 3 is 2.60 bits per heavy atom. The number of halogens is 1. The molecule has 0 amide bonds. The van der Waals surface area contributed by atoms with Crippen molar-refractivity contribution in [3.63, 3.8) is 0 Å². The van der Waals surface area contributed by atoms with Crippen molar-refractivity contribution in [2.24, 2.45) is 5.92 Å². The predicted octanol–water partition coefficient (Wildman–Crippen LogP) is 0.690. The number of hydrogen-bond acceptors (Lipinski definition) is 2. The molecule has 2 unspecified atom stereocenters. The van der Waals surface area contributed by atoms with E-state index >= 15 is 0 Å². The fourth-order valence-electron chi connectivity index (χ4n) is 1.34. The van der Waals surface area contributed by atoms with E-state index in [0.717, 1.165) is 25.7 Å². The number of alkyl halides is 1. The molecule has 1 aliphatic carbocycles. The SMILES string of the molecule is O=C([O-])C1CCCC(Br)C1. The van der Waals surface area contributed by atoms with Crippen LogP contribution < -0.4 is 5.11 Å². The number of carboxylic acid groups (broad SMARTS) is 1. The normalized spacial score (nSPS) is 33.7. The summed E-state index contributed by atoms with van der Waals surface area (Å²) < 4.78 is 0. The average molecular weight is 206 g/mol. The fraction of sp³-hybridized carbons (Fsp3) is 0.857. The van der Waals surface area contributed by atoms with Crippen LogP contribution in [-0.2, 0) is 4.79 Å². The summed E-state index contributed by atoms with van der Waals surface area (Å²) in [5.74, 6) is -1.10. The number of aliphatic carboxylic acids is 1. The average Bonchev–Trinajstić information content (AvgIpc) is 1.88. The Bertz CT molecular complexity index is 136. The first-order chi connectivity index (χ1) is 4.70. The minimum Gasteiger partial charge on any atom is -0.550 e. The lowest BCUT2D eigenvalue weighted by atomic mass is 9.89. The van der Waals surface area contributed by atoms with Gasteiger partial charge in [-0.3, -0.25) is 0 Å². The smallest absolute Gasteiger partial charge is 0.0445 e. The van der Waals surface area contributed by atoms with Crippen molar-refractivity contribution in [1.82, 2.24) is 0 Å². The van der Waals surface area contributed by atoms with Crippen LogP contribution in [0.4, 0.5) is 0 Å². The van der Waals surface area contributed by atoms with Crippen molar-refractivity contribution in [3.05, 3.63) is 0 Å². The molecule has 2 nitrogen and oxygen atoms in total. The van der Waals surface area contributed by atoms with Crippen LogP contribution in [0.5, 0.6) is 0 Å². The zero-order valence-corrected chi connectivity index (χ0v) is 7.26. The number of hydrogen-bond donors (Lipinski definition) is 0. The molecule has 3 heteroatoms. The van der Waals surface area contributed by atoms with E-state index in [0.29, 0.717) is 4.83 Å². The fourth-order valence-corrected chi connectivity index (χ4v) is 2.12. The molecule has 0 aromatic carbocycles. The van der Waals surface area contributed by atoms with Gasteiger partial charge >= 0.3 is 0 Å². The van der Waals surface area contributed by atoms with Crippen LogP contribution in [-0.4, -0.2) is 10.8 Å². The number of rotatable bonds is 1. The van der Waals surface area contributed by atoms with E-state index in [1.54, 1.807) is 0 Å². The van der Waals surface area contributed by atoms with Crippen molar-refractivity contribution in [2.75, 3.05) is 0 Å². The van der Waals surface area contributed by atoms with E-state index in [1.165, 1.54) is 0 Å². The molecule has 0 spiro atoms. The molecule has 10 heavy (non-hydrogen) atoms. The monoisotopic (exact) mass is 205 g/mol. The maximum Gasteiger partial charge on any atom is 0.0445 e. The van der Waals surface area contributed by atoms with Gasteiger partial charge in [0.25, 0.3) is 0 Å². The third-order valence-corrected chi connectivity index (χ3v) is 2.78. The molecule has 1 fully saturated rings. The van der Waals surface area contributed by atoms with Crippen LogP contribution in [0.1, 0.15) is 25.7 Å². The maximum absolute atomic E-state index is 10.4. The number of carboxylic acids is 1. The van der Waals surface area contributed by atoms with Crippen LogP contribution in [0.3, 0.4) is 0 Å². The van der Waals surface area contributed by atoms with Gasteiger partial charge in [-0.15, -0.1) is 0 Å². The van der Waals surface area contributed by atoms with Gasteiger partial charge in [-0.1, -0.05) is 22.4 Å². The molecular weight excluding hydrogens is 196 g/mol. The summed E-state index contributed by atoms with van der Waals surface area (Å²) >= 11 is 3.41. The highest BCUT2D eigenvalue weighted by atomic mass is 79.9. The van der Waals surface area contributed by atoms with E-state index in [9.17, 15) is 9.90 Å². The zero-order valence-electron chi connectivity index (χ0n) is 5.68. The van der Waals surface area contributed by atoms with E-state index in [1.807, 2.05) is 0 Å². The molecule has 0 N–H and O–H groups in total. The second-order valence-corrected chi connectivity index (χ2v) is 4.07. The topological polar surface area (TPSA) is 40.1 Å². The summed E-state index contributed by atoms with van der Waals surface area (Å²) in [4.78, 5) is 10.8. The first kappa shape index (κ1) is 8.05. The van der Waals surface area contributed by atoms with Crippen molar-refractivity contribution in [3.8, 4) is 0 Å². The maximum atomic E-state index is 10.4. The molecule has 0 aromatic heterocycles. The Labute approximate surface area is 68.7 Å². The number of carbonyl (C=O) groups is 1. The summed E-state index contributed by atoms with van der Waals surface area (Å²) in [6.07, 6.45) is 3.64. The summed E-state index contributed by atoms with van der Waals surface area (Å²) in [6.45, 7) is 0. The van der Waals surface area contributed by atoms with Crippen LogP contribution in [0.25, 0.3) is 0 Å². The van der Waals surface area contributed by atoms with Gasteiger partial charge in [-0.25, -0.2) is 0 Å². The Hall–Kier alpha value is -0.0500. The lowest BCUT2D eigenvalue weighted by Gasteiger charge is -2.25. The quantitative estimate of drug-likeness (QED) is 0.592. The predicted molar refractivity (Wildman–Crippen MR) is 39.7 cm³/mol. The molecule has 0 bridgehead atoms. The summed E-state index contributed by atoms with van der Waals surface area (Å²) in [6, 6.07) is 0. The molecule has 0 radical (unpaired) electrons. The van der Waals surface area contributed by atoms with Gasteiger partial charge in [0.15, 0.2) is 0 Å². The van der Waals surface area contributed by atoms with Crippen molar-refractivity contribution in [2.45, 2.75) is 30.5 Å². The Morgan fingerprint density at radius 1 is 1.50 bits per heavy atom. The highest BCUT2D eigenvalue weighted by Crippen LogP contribution is 2.28. The largest absolute Gasteiger partial charge is 0.550 e. The van der Waals surface area contributed by atoms with Crippen LogP contribution >= 0.6 is 15.9 Å². The molecule has 0 aromatic rings. The van der Waals surface area contributed by atoms with Gasteiger partial charge < -0.3 is 9.90 Å². The first-order valence-corrected chi connectivity index (χ1v) is 4.46. The van der Waals surface area contributed by atoms with Gasteiger partial charge in [0.2, 0.25) is 0 Å². The summed E-state index contributed by atoms with van der Waals surface area (Å²) in [5, 5.41) is 10.4. The van der Waals surface area contributed by atoms with Crippen LogP contribution in [0.15, 0.2) is 0 Å². The van der Waals surface area contributed by atoms with Crippen LogP contribution in [0, 0.1) is 5.92 Å². The lowest BCUT2D eigenvalue weighted by molar-refractivity contribution is -0.312. The first-order valence-electron chi connectivity index (χ1n) is 3.55. The minimum atomic E-state index is -0.885. The van der Waals surface area contributed by atoms with E-state index in [2.05, 4.69) is 15.9 Å². The van der Waals surface area contributed by atoms with Crippen molar-refractivity contribution in [1.29, 1.82) is 0 Å². The van der Waals surface area contributed by atoms with Crippen LogP contribution in [0.2, 0.25) is 0 Å². The molecule has 1 aliphatic rings. The second-order valence-electron chi connectivity index (χ2n) is 2.78. The second kappa shape index (κ2) is 3.37. The third kappa shape index (κ3) is 1.97. The lowest BCUT2D eigenvalue weighted by Crippen LogP contribution is -2.34. The Morgan fingerprint density at radius 2 is 2.20 bits per heavy atom. The molecule has 0 aliphatic heterocycles. The summed E-state index contributed by atoms with van der Waals surface area (Å²) in [7, 11) is 0. The molecule has 1 rings (SSSR count). The molecule has 0 saturated heterocycles. The Balaban J connectivity index is 2.39. The highest BCUT2D eigenvalue weighted by molar-refractivity contribution is 9.09. The molecule has 58 valence electrons. The van der Waals surface area contributed by atoms with E-state index in [-0.39, 0.29) is 5.92 Å². The Kier molecular flexibility index (Phi) is 2.72. The van der Waals surface area contributed by atoms with Crippen molar-refractivity contribution < 1.29 is 9.90 Å². The minimum absolute atomic E-state index is 0.210. The number of carbonyl (C=O) groups excluding carboxylic acids is 1. The molecule has 2 atom stereocenters. The van der Waals surface area contributed by atoms with Gasteiger partial charge in [0.1, 0.15) is 0 Å². The van der Waals surface area contributed by atoms with Gasteiger partial charge in [0, 0.05) is 10.8 Å². The third-order valence-electron chi connectivity index (χ3n) is 1.94. The summed E-state index contributed by atoms with van der Waals surface area (Å²) in [5.41, 5.74) is 0. The van der Waals surface area contributed by atoms with E-state index in [4.69, 9.17) is 0 Å². The van der Waals surface area contributed by atoms with Gasteiger partial charge in [0.05, 0.1) is 0 Å². The molecule has 1 saturated carbocycles. The molecular formula is C7H10BrO2-. The van der Waals surface area contributed by atoms with Gasteiger partial charge in [-0.2, -0.15) is 0 Å². The highest BCUT2D eigenvalue weighted by Gasteiger charge is 2.20. The standard InChI is InChI=1S/C7H11BrO2/c8-6-3-1-2-5(4-6)7(9)10/h5-6H,1-4H2,(H,9,10)/p-1. The zero-order chi connectivity index (χ0) is 7.56.